The first-order chi connectivity index (χ1) is 8.31. The Morgan fingerprint density at radius 3 is 2.61 bits per heavy atom. The lowest BCUT2D eigenvalue weighted by atomic mass is 10.1. The summed E-state index contributed by atoms with van der Waals surface area (Å²) < 4.78 is 5.28. The highest BCUT2D eigenvalue weighted by molar-refractivity contribution is 5.88. The number of nitrogens with one attached hydrogen (secondary N) is 1. The van der Waals surface area contributed by atoms with E-state index in [4.69, 9.17) is 9.52 Å². The third-order valence-electron chi connectivity index (χ3n) is 3.47. The summed E-state index contributed by atoms with van der Waals surface area (Å²) in [6.07, 6.45) is 0.899. The average molecular weight is 251 g/mol. The molecule has 1 heterocycles. The molecule has 0 radical (unpaired) electrons. The van der Waals surface area contributed by atoms with Gasteiger partial charge in [-0.25, -0.2) is 4.79 Å². The van der Waals surface area contributed by atoms with Crippen LogP contribution >= 0.6 is 0 Å². The largest absolute Gasteiger partial charge is 0.478 e. The number of carbonyl (C=O) groups excluding carboxylic acids is 1. The number of carboxylic acids is 1. The fourth-order valence-electron chi connectivity index (χ4n) is 2.06. The van der Waals surface area contributed by atoms with Gasteiger partial charge in [0.1, 0.15) is 17.1 Å². The van der Waals surface area contributed by atoms with Gasteiger partial charge in [-0.3, -0.25) is 4.79 Å². The van der Waals surface area contributed by atoms with Crippen LogP contribution < -0.4 is 5.32 Å². The topological polar surface area (TPSA) is 79.5 Å². The number of carbonyl (C=O) groups is 2. The predicted octanol–water partition coefficient (Wildman–Crippen LogP) is 1.95. The Labute approximate surface area is 105 Å². The second-order valence-electron chi connectivity index (χ2n) is 5.45. The third-order valence-corrected chi connectivity index (χ3v) is 3.47. The minimum atomic E-state index is -1.02. The summed E-state index contributed by atoms with van der Waals surface area (Å²) in [4.78, 5) is 22.6. The van der Waals surface area contributed by atoms with Crippen molar-refractivity contribution in [1.82, 2.24) is 5.32 Å². The maximum absolute atomic E-state index is 11.8. The molecule has 1 unspecified atom stereocenters. The second kappa shape index (κ2) is 4.15. The Morgan fingerprint density at radius 1 is 1.56 bits per heavy atom. The van der Waals surface area contributed by atoms with Crippen molar-refractivity contribution in [2.45, 2.75) is 33.7 Å². The van der Waals surface area contributed by atoms with E-state index in [1.165, 1.54) is 6.07 Å². The van der Waals surface area contributed by atoms with Crippen LogP contribution in [0.4, 0.5) is 0 Å². The van der Waals surface area contributed by atoms with Crippen LogP contribution in [0.15, 0.2) is 10.5 Å². The zero-order valence-electron chi connectivity index (χ0n) is 10.7. The van der Waals surface area contributed by atoms with E-state index in [0.29, 0.717) is 11.5 Å². The molecule has 2 rings (SSSR count). The molecule has 18 heavy (non-hydrogen) atoms. The van der Waals surface area contributed by atoms with Gasteiger partial charge in [-0.1, -0.05) is 13.8 Å². The molecule has 1 saturated carbocycles. The van der Waals surface area contributed by atoms with Crippen LogP contribution in [0.5, 0.6) is 0 Å². The van der Waals surface area contributed by atoms with Gasteiger partial charge in [0.15, 0.2) is 0 Å². The highest BCUT2D eigenvalue weighted by atomic mass is 16.4. The molecule has 1 atom stereocenters. The van der Waals surface area contributed by atoms with Crippen molar-refractivity contribution in [3.8, 4) is 0 Å². The molecule has 0 bridgehead atoms. The van der Waals surface area contributed by atoms with E-state index in [1.807, 2.05) is 0 Å². The Bertz CT molecular complexity index is 501. The van der Waals surface area contributed by atoms with Crippen molar-refractivity contribution >= 4 is 11.9 Å². The average Bonchev–Trinajstić information content (AvgIpc) is 2.73. The Morgan fingerprint density at radius 2 is 2.17 bits per heavy atom. The van der Waals surface area contributed by atoms with Crippen molar-refractivity contribution in [1.29, 1.82) is 0 Å². The smallest absolute Gasteiger partial charge is 0.339 e. The highest BCUT2D eigenvalue weighted by Gasteiger charge is 2.50. The molecule has 2 N–H and O–H groups in total. The van der Waals surface area contributed by atoms with E-state index in [1.54, 1.807) is 6.92 Å². The number of carboxylic acid groups (broad SMARTS) is 1. The minimum Gasteiger partial charge on any atom is -0.478 e. The lowest BCUT2D eigenvalue weighted by molar-refractivity contribution is -0.123. The van der Waals surface area contributed by atoms with Crippen molar-refractivity contribution in [3.05, 3.63) is 23.2 Å². The summed E-state index contributed by atoms with van der Waals surface area (Å²) in [6, 6.07) is 1.45. The van der Waals surface area contributed by atoms with Crippen LogP contribution in [-0.2, 0) is 11.3 Å². The standard InChI is InChI=1S/C13H17NO4/c1-7-9(12(16)17)4-8(18-7)6-14-11(15)10-5-13(10,2)3/h4,10H,5-6H2,1-3H3,(H,14,15)(H,16,17). The molecular weight excluding hydrogens is 234 g/mol. The molecule has 0 aromatic carbocycles. The van der Waals surface area contributed by atoms with Gasteiger partial charge >= 0.3 is 5.97 Å². The van der Waals surface area contributed by atoms with Gasteiger partial charge in [-0.05, 0) is 24.8 Å². The van der Waals surface area contributed by atoms with E-state index < -0.39 is 5.97 Å². The molecule has 5 nitrogen and oxygen atoms in total. The Kier molecular flexibility index (Phi) is 2.92. The number of hydrogen-bond acceptors (Lipinski definition) is 3. The number of amides is 1. The maximum atomic E-state index is 11.8. The van der Waals surface area contributed by atoms with Crippen LogP contribution in [0, 0.1) is 18.3 Å². The minimum absolute atomic E-state index is 0.00549. The van der Waals surface area contributed by atoms with Crippen molar-refractivity contribution in [3.63, 3.8) is 0 Å². The second-order valence-corrected chi connectivity index (χ2v) is 5.45. The molecule has 1 aromatic rings. The van der Waals surface area contributed by atoms with Crippen LogP contribution in [0.1, 0.15) is 42.1 Å². The van der Waals surface area contributed by atoms with Gasteiger partial charge < -0.3 is 14.8 Å². The summed E-state index contributed by atoms with van der Waals surface area (Å²) in [5.74, 6) is -0.120. The van der Waals surface area contributed by atoms with Gasteiger partial charge in [0.2, 0.25) is 5.91 Å². The Hall–Kier alpha value is -1.78. The maximum Gasteiger partial charge on any atom is 0.339 e. The third kappa shape index (κ3) is 2.39. The molecule has 1 fully saturated rings. The van der Waals surface area contributed by atoms with Crippen LogP contribution in [0.25, 0.3) is 0 Å². The van der Waals surface area contributed by atoms with Crippen LogP contribution in [-0.4, -0.2) is 17.0 Å². The molecular formula is C13H17NO4. The number of furan rings is 1. The first kappa shape index (κ1) is 12.7. The van der Waals surface area contributed by atoms with Crippen molar-refractivity contribution in [2.24, 2.45) is 11.3 Å². The van der Waals surface area contributed by atoms with Gasteiger partial charge in [0.25, 0.3) is 0 Å². The van der Waals surface area contributed by atoms with E-state index in [0.717, 1.165) is 6.42 Å². The molecule has 1 aromatic heterocycles. The SMILES string of the molecule is Cc1oc(CNC(=O)C2CC2(C)C)cc1C(=O)O. The number of hydrogen-bond donors (Lipinski definition) is 2. The van der Waals surface area contributed by atoms with E-state index in [-0.39, 0.29) is 29.3 Å². The van der Waals surface area contributed by atoms with Gasteiger partial charge in [0.05, 0.1) is 6.54 Å². The normalized spacial score (nSPS) is 20.5. The Balaban J connectivity index is 1.93. The fourth-order valence-corrected chi connectivity index (χ4v) is 2.06. The lowest BCUT2D eigenvalue weighted by Gasteiger charge is -2.04. The quantitative estimate of drug-likeness (QED) is 0.857. The zero-order valence-corrected chi connectivity index (χ0v) is 10.7. The summed E-state index contributed by atoms with van der Waals surface area (Å²) in [5.41, 5.74) is 0.237. The predicted molar refractivity (Wildman–Crippen MR) is 64.1 cm³/mol. The molecule has 1 aliphatic carbocycles. The molecule has 0 aliphatic heterocycles. The number of aryl methyl sites for hydroxylation is 1. The first-order valence-corrected chi connectivity index (χ1v) is 5.91. The van der Waals surface area contributed by atoms with Gasteiger partial charge in [0, 0.05) is 5.92 Å². The monoisotopic (exact) mass is 251 g/mol. The summed E-state index contributed by atoms with van der Waals surface area (Å²) in [5, 5.41) is 11.6. The van der Waals surface area contributed by atoms with Crippen molar-refractivity contribution < 1.29 is 19.1 Å². The summed E-state index contributed by atoms with van der Waals surface area (Å²) in [7, 11) is 0. The van der Waals surface area contributed by atoms with Crippen molar-refractivity contribution in [2.75, 3.05) is 0 Å². The lowest BCUT2D eigenvalue weighted by Crippen LogP contribution is -2.25. The van der Waals surface area contributed by atoms with Crippen LogP contribution in [0.2, 0.25) is 0 Å². The molecule has 5 heteroatoms. The molecule has 1 aliphatic rings. The summed E-state index contributed by atoms with van der Waals surface area (Å²) >= 11 is 0. The molecule has 0 saturated heterocycles. The highest BCUT2D eigenvalue weighted by Crippen LogP contribution is 2.51. The molecule has 1 amide bonds. The van der Waals surface area contributed by atoms with Gasteiger partial charge in [-0.2, -0.15) is 0 Å². The number of aromatic carboxylic acids is 1. The first-order valence-electron chi connectivity index (χ1n) is 5.91. The van der Waals surface area contributed by atoms with E-state index >= 15 is 0 Å². The van der Waals surface area contributed by atoms with E-state index in [9.17, 15) is 9.59 Å². The zero-order chi connectivity index (χ0) is 13.5. The number of rotatable bonds is 4. The van der Waals surface area contributed by atoms with E-state index in [2.05, 4.69) is 19.2 Å². The van der Waals surface area contributed by atoms with Crippen LogP contribution in [0.3, 0.4) is 0 Å². The van der Waals surface area contributed by atoms with Gasteiger partial charge in [-0.15, -0.1) is 0 Å². The fraction of sp³-hybridized carbons (Fsp3) is 0.538. The molecule has 0 spiro atoms. The molecule has 98 valence electrons. The summed E-state index contributed by atoms with van der Waals surface area (Å²) in [6.45, 7) is 5.94.